The number of benzene rings is 1. The summed E-state index contributed by atoms with van der Waals surface area (Å²) in [5.41, 5.74) is 1.18. The Morgan fingerprint density at radius 2 is 1.86 bits per heavy atom. The van der Waals surface area contributed by atoms with E-state index in [4.69, 9.17) is 0 Å². The first-order valence-electron chi connectivity index (χ1n) is 6.71. The summed E-state index contributed by atoms with van der Waals surface area (Å²) in [5, 5.41) is 8.77. The number of hydrogen-bond donors (Lipinski definition) is 2. The van der Waals surface area contributed by atoms with E-state index in [2.05, 4.69) is 20.5 Å². The number of H-pyrrole nitrogens is 1. The van der Waals surface area contributed by atoms with Gasteiger partial charge in [0.15, 0.2) is 0 Å². The largest absolute Gasteiger partial charge is 0.339 e. The Bertz CT molecular complexity index is 603. The summed E-state index contributed by atoms with van der Waals surface area (Å²) in [4.78, 5) is 29.4. The van der Waals surface area contributed by atoms with Crippen LogP contribution in [0.4, 0.5) is 5.69 Å². The minimum absolute atomic E-state index is 0.0203. The smallest absolute Gasteiger partial charge is 0.292 e. The topological polar surface area (TPSA) is 91.0 Å². The molecular formula is C14H17N5O2. The summed E-state index contributed by atoms with van der Waals surface area (Å²) in [6.07, 6.45) is 1.26. The van der Waals surface area contributed by atoms with Crippen molar-refractivity contribution in [2.75, 3.05) is 18.4 Å². The van der Waals surface area contributed by atoms with Gasteiger partial charge >= 0.3 is 0 Å². The van der Waals surface area contributed by atoms with Crippen LogP contribution in [-0.2, 0) is 0 Å². The lowest BCUT2D eigenvalue weighted by Crippen LogP contribution is -2.30. The predicted octanol–water partition coefficient (Wildman–Crippen LogP) is 1.54. The molecule has 1 aromatic heterocycles. The van der Waals surface area contributed by atoms with Crippen molar-refractivity contribution in [3.63, 3.8) is 0 Å². The van der Waals surface area contributed by atoms with Gasteiger partial charge in [0.05, 0.1) is 0 Å². The molecule has 0 unspecified atom stereocenters. The molecular weight excluding hydrogens is 270 g/mol. The van der Waals surface area contributed by atoms with E-state index in [1.54, 1.807) is 29.2 Å². The minimum Gasteiger partial charge on any atom is -0.339 e. The molecule has 7 nitrogen and oxygen atoms in total. The number of anilines is 1. The van der Waals surface area contributed by atoms with Crippen molar-refractivity contribution in [2.24, 2.45) is 0 Å². The van der Waals surface area contributed by atoms with E-state index in [1.807, 2.05) is 13.8 Å². The molecule has 0 aliphatic carbocycles. The van der Waals surface area contributed by atoms with Crippen LogP contribution in [-0.4, -0.2) is 45.0 Å². The first kappa shape index (κ1) is 14.7. The number of amides is 2. The molecule has 110 valence electrons. The predicted molar refractivity (Wildman–Crippen MR) is 78.0 cm³/mol. The van der Waals surface area contributed by atoms with Gasteiger partial charge in [-0.25, -0.2) is 4.98 Å². The SMILES string of the molecule is CCN(CC)C(=O)c1ccc(NC(=O)c2ncn[nH]2)cc1. The Morgan fingerprint density at radius 3 is 2.38 bits per heavy atom. The highest BCUT2D eigenvalue weighted by molar-refractivity contribution is 6.02. The molecule has 0 bridgehead atoms. The third kappa shape index (κ3) is 3.44. The van der Waals surface area contributed by atoms with Crippen molar-refractivity contribution in [1.82, 2.24) is 20.1 Å². The molecule has 0 saturated heterocycles. The minimum atomic E-state index is -0.379. The van der Waals surface area contributed by atoms with Gasteiger partial charge in [0.25, 0.3) is 11.8 Å². The molecule has 2 N–H and O–H groups in total. The number of nitrogens with one attached hydrogen (secondary N) is 2. The standard InChI is InChI=1S/C14H17N5O2/c1-3-19(4-2)14(21)10-5-7-11(8-6-10)17-13(20)12-15-9-16-18-12/h5-9H,3-4H2,1-2H3,(H,17,20)(H,15,16,18). The fourth-order valence-electron chi connectivity index (χ4n) is 1.89. The molecule has 0 radical (unpaired) electrons. The van der Waals surface area contributed by atoms with Gasteiger partial charge in [-0.05, 0) is 38.1 Å². The van der Waals surface area contributed by atoms with Gasteiger partial charge in [0.2, 0.25) is 5.82 Å². The lowest BCUT2D eigenvalue weighted by molar-refractivity contribution is 0.0773. The van der Waals surface area contributed by atoms with E-state index in [0.29, 0.717) is 24.3 Å². The Morgan fingerprint density at radius 1 is 1.19 bits per heavy atom. The van der Waals surface area contributed by atoms with Crippen molar-refractivity contribution in [2.45, 2.75) is 13.8 Å². The van der Waals surface area contributed by atoms with Crippen molar-refractivity contribution in [1.29, 1.82) is 0 Å². The Hall–Kier alpha value is -2.70. The second kappa shape index (κ2) is 6.65. The molecule has 0 aliphatic rings. The maximum Gasteiger partial charge on any atom is 0.292 e. The van der Waals surface area contributed by atoms with Crippen LogP contribution in [0.3, 0.4) is 0 Å². The van der Waals surface area contributed by atoms with E-state index in [-0.39, 0.29) is 17.6 Å². The van der Waals surface area contributed by atoms with E-state index in [1.165, 1.54) is 6.33 Å². The number of aromatic amines is 1. The molecule has 0 aliphatic heterocycles. The summed E-state index contributed by atoms with van der Waals surface area (Å²) in [5.74, 6) is -0.262. The van der Waals surface area contributed by atoms with Crippen molar-refractivity contribution in [3.8, 4) is 0 Å². The zero-order valence-electron chi connectivity index (χ0n) is 12.0. The summed E-state index contributed by atoms with van der Waals surface area (Å²) >= 11 is 0. The molecule has 1 heterocycles. The van der Waals surface area contributed by atoms with Gasteiger partial charge in [0.1, 0.15) is 6.33 Å². The van der Waals surface area contributed by atoms with E-state index >= 15 is 0 Å². The summed E-state index contributed by atoms with van der Waals surface area (Å²) in [7, 11) is 0. The lowest BCUT2D eigenvalue weighted by atomic mass is 10.1. The van der Waals surface area contributed by atoms with Gasteiger partial charge in [0, 0.05) is 24.3 Å². The first-order valence-corrected chi connectivity index (χ1v) is 6.71. The molecule has 2 rings (SSSR count). The third-order valence-electron chi connectivity index (χ3n) is 3.07. The molecule has 1 aromatic carbocycles. The van der Waals surface area contributed by atoms with E-state index in [9.17, 15) is 9.59 Å². The van der Waals surface area contributed by atoms with Crippen LogP contribution in [0, 0.1) is 0 Å². The average Bonchev–Trinajstić information content (AvgIpc) is 3.03. The number of hydrogen-bond acceptors (Lipinski definition) is 4. The lowest BCUT2D eigenvalue weighted by Gasteiger charge is -2.18. The number of carbonyl (C=O) groups excluding carboxylic acids is 2. The van der Waals surface area contributed by atoms with Gasteiger partial charge in [-0.3, -0.25) is 14.7 Å². The van der Waals surface area contributed by atoms with Crippen molar-refractivity contribution in [3.05, 3.63) is 42.0 Å². The fraction of sp³-hybridized carbons (Fsp3) is 0.286. The monoisotopic (exact) mass is 287 g/mol. The van der Waals surface area contributed by atoms with Crippen molar-refractivity contribution >= 4 is 17.5 Å². The number of rotatable bonds is 5. The van der Waals surface area contributed by atoms with Crippen LogP contribution >= 0.6 is 0 Å². The van der Waals surface area contributed by atoms with Gasteiger partial charge in [-0.2, -0.15) is 5.10 Å². The van der Waals surface area contributed by atoms with Crippen LogP contribution in [0.15, 0.2) is 30.6 Å². The highest BCUT2D eigenvalue weighted by atomic mass is 16.2. The highest BCUT2D eigenvalue weighted by Gasteiger charge is 2.13. The van der Waals surface area contributed by atoms with Crippen LogP contribution in [0.2, 0.25) is 0 Å². The van der Waals surface area contributed by atoms with Crippen molar-refractivity contribution < 1.29 is 9.59 Å². The molecule has 21 heavy (non-hydrogen) atoms. The normalized spacial score (nSPS) is 10.2. The van der Waals surface area contributed by atoms with Gasteiger partial charge in [-0.1, -0.05) is 0 Å². The van der Waals surface area contributed by atoms with Crippen LogP contribution in [0.1, 0.15) is 34.8 Å². The zero-order valence-corrected chi connectivity index (χ0v) is 12.0. The Balaban J connectivity index is 2.05. The molecule has 7 heteroatoms. The van der Waals surface area contributed by atoms with E-state index in [0.717, 1.165) is 0 Å². The second-order valence-electron chi connectivity index (χ2n) is 4.34. The molecule has 0 fully saturated rings. The summed E-state index contributed by atoms with van der Waals surface area (Å²) in [6.45, 7) is 5.21. The van der Waals surface area contributed by atoms with Gasteiger partial charge < -0.3 is 10.2 Å². The zero-order chi connectivity index (χ0) is 15.2. The van der Waals surface area contributed by atoms with E-state index < -0.39 is 0 Å². The molecule has 0 atom stereocenters. The molecule has 2 amide bonds. The maximum atomic E-state index is 12.1. The Labute approximate surface area is 122 Å². The van der Waals surface area contributed by atoms with Crippen LogP contribution < -0.4 is 5.32 Å². The third-order valence-corrected chi connectivity index (χ3v) is 3.07. The maximum absolute atomic E-state index is 12.1. The average molecular weight is 287 g/mol. The number of nitrogens with zero attached hydrogens (tertiary/aromatic N) is 3. The quantitative estimate of drug-likeness (QED) is 0.872. The molecule has 0 spiro atoms. The summed E-state index contributed by atoms with van der Waals surface area (Å²) < 4.78 is 0. The molecule has 2 aromatic rings. The van der Waals surface area contributed by atoms with Gasteiger partial charge in [-0.15, -0.1) is 0 Å². The number of aromatic nitrogens is 3. The Kier molecular flexibility index (Phi) is 4.65. The first-order chi connectivity index (χ1) is 10.2. The summed E-state index contributed by atoms with van der Waals surface area (Å²) in [6, 6.07) is 6.75. The fourth-order valence-corrected chi connectivity index (χ4v) is 1.89. The highest BCUT2D eigenvalue weighted by Crippen LogP contribution is 2.12. The number of carbonyl (C=O) groups is 2. The molecule has 0 saturated carbocycles. The van der Waals surface area contributed by atoms with Crippen LogP contribution in [0.5, 0.6) is 0 Å². The van der Waals surface area contributed by atoms with Crippen LogP contribution in [0.25, 0.3) is 0 Å². The second-order valence-corrected chi connectivity index (χ2v) is 4.34.